The Hall–Kier alpha value is -4.97. The van der Waals surface area contributed by atoms with Crippen LogP contribution in [-0.2, 0) is 42.8 Å². The first kappa shape index (κ1) is 38.2. The molecule has 2 rings (SSSR count). The molecule has 0 aliphatic heterocycles. The van der Waals surface area contributed by atoms with Gasteiger partial charge in [0.15, 0.2) is 0 Å². The molecule has 1 aromatic heterocycles. The van der Waals surface area contributed by atoms with Crippen LogP contribution in [-0.4, -0.2) is 71.0 Å². The Morgan fingerprint density at radius 2 is 1.41 bits per heavy atom. The summed E-state index contributed by atoms with van der Waals surface area (Å²) in [6.07, 6.45) is 4.14. The van der Waals surface area contributed by atoms with Gasteiger partial charge in [-0.1, -0.05) is 31.2 Å². The number of nitrogens with one attached hydrogen (secondary N) is 3. The zero-order chi connectivity index (χ0) is 31.3. The van der Waals surface area contributed by atoms with Crippen molar-refractivity contribution in [3.63, 3.8) is 0 Å². The molecular weight excluding hydrogens is 540 g/mol. The van der Waals surface area contributed by atoms with E-state index >= 15 is 0 Å². The summed E-state index contributed by atoms with van der Waals surface area (Å²) in [6, 6.07) is 13.6. The van der Waals surface area contributed by atoms with Crippen LogP contribution in [0.25, 0.3) is 0 Å². The molecule has 14 nitrogen and oxygen atoms in total. The van der Waals surface area contributed by atoms with Crippen molar-refractivity contribution < 1.29 is 47.5 Å². The van der Waals surface area contributed by atoms with Crippen LogP contribution in [0.4, 0.5) is 0 Å². The molecule has 0 fully saturated rings. The van der Waals surface area contributed by atoms with Crippen molar-refractivity contribution in [3.8, 4) is 5.75 Å². The minimum Gasteiger partial charge on any atom is -0.555 e. The average molecular weight is 571 g/mol. The maximum atomic E-state index is 11.6. The van der Waals surface area contributed by atoms with Crippen LogP contribution in [0.3, 0.4) is 0 Å². The molecule has 0 saturated carbocycles. The van der Waals surface area contributed by atoms with E-state index in [0.717, 1.165) is 13.9 Å². The highest BCUT2D eigenvalue weighted by molar-refractivity contribution is 6.38. The zero-order valence-corrected chi connectivity index (χ0v) is 22.8. The summed E-state index contributed by atoms with van der Waals surface area (Å²) in [5, 5.41) is 13.3. The number of carbonyl (C=O) groups excluding carboxylic acids is 5. The average Bonchev–Trinajstić information content (AvgIpc) is 2.99. The maximum absolute atomic E-state index is 11.6. The number of esters is 3. The van der Waals surface area contributed by atoms with Crippen molar-refractivity contribution in [1.82, 2.24) is 4.98 Å². The predicted octanol–water partition coefficient (Wildman–Crippen LogP) is 1.97. The second-order valence-electron chi connectivity index (χ2n) is 7.08. The van der Waals surface area contributed by atoms with E-state index in [1.807, 2.05) is 13.0 Å². The molecule has 0 amide bonds. The fraction of sp³-hybridized carbons (Fsp3) is 0.320. The SMILES string of the molecule is CC[C@H]([B]OC=N)C(=O)OC.COC(=O)C([B]OC=N)CCC(=O)Oc1ccccc1.O=C=O.O=c1cccc[nH]1. The Labute approximate surface area is 238 Å². The lowest BCUT2D eigenvalue weighted by atomic mass is 9.77. The van der Waals surface area contributed by atoms with Gasteiger partial charge in [-0.15, -0.1) is 0 Å². The Morgan fingerprint density at radius 1 is 0.902 bits per heavy atom. The Kier molecular flexibility index (Phi) is 24.8. The Morgan fingerprint density at radius 3 is 1.83 bits per heavy atom. The second kappa shape index (κ2) is 26.6. The van der Waals surface area contributed by atoms with E-state index in [4.69, 9.17) is 25.1 Å². The van der Waals surface area contributed by atoms with E-state index < -0.39 is 17.8 Å². The first-order valence-electron chi connectivity index (χ1n) is 11.7. The number of hydrogen-bond donors (Lipinski definition) is 3. The lowest BCUT2D eigenvalue weighted by Crippen LogP contribution is -2.20. The Bertz CT molecular complexity index is 1090. The van der Waals surface area contributed by atoms with Crippen molar-refractivity contribution in [2.45, 2.75) is 37.8 Å². The molecule has 0 saturated heterocycles. The smallest absolute Gasteiger partial charge is 0.386 e. The molecule has 2 radical (unpaired) electrons. The number of benzene rings is 1. The summed E-state index contributed by atoms with van der Waals surface area (Å²) in [5.74, 6) is -1.96. The molecule has 3 N–H and O–H groups in total. The number of hydrogen-bond acceptors (Lipinski definition) is 13. The number of aromatic amines is 1. The number of para-hydroxylation sites is 1. The van der Waals surface area contributed by atoms with Gasteiger partial charge in [-0.2, -0.15) is 9.59 Å². The predicted molar refractivity (Wildman–Crippen MR) is 146 cm³/mol. The largest absolute Gasteiger partial charge is 0.555 e. The summed E-state index contributed by atoms with van der Waals surface area (Å²) in [6.45, 7) is 1.84. The highest BCUT2D eigenvalue weighted by atomic mass is 16.5. The fourth-order valence-electron chi connectivity index (χ4n) is 2.45. The standard InChI is InChI=1S/C13H15BNO5.C6H11BNO3.C5H5NO.CO2/c1-18-13(17)11(14-19-9-15)7-8-12(16)20-10-5-3-2-4-6-10;1-3-5(6(9)10-2)7-11-4-8;7-5-3-1-2-4-6-5;2-1-3/h2-6,9,11,15H,7-8H2,1H3;4-5,8H,3H2,1-2H3;1-4H,(H,6,7);/t;5-;;/m.0../s1. The van der Waals surface area contributed by atoms with E-state index in [9.17, 15) is 19.2 Å². The van der Waals surface area contributed by atoms with Gasteiger partial charge in [-0.3, -0.25) is 30.0 Å². The normalized spacial score (nSPS) is 10.1. The van der Waals surface area contributed by atoms with Gasteiger partial charge in [-0.05, 0) is 31.0 Å². The van der Waals surface area contributed by atoms with E-state index in [1.54, 1.807) is 42.6 Å². The molecule has 16 heteroatoms. The zero-order valence-electron chi connectivity index (χ0n) is 22.8. The number of aromatic nitrogens is 1. The Balaban J connectivity index is 0. The summed E-state index contributed by atoms with van der Waals surface area (Å²) in [4.78, 5) is 62.8. The molecule has 2 atom stereocenters. The molecule has 0 spiro atoms. The molecule has 41 heavy (non-hydrogen) atoms. The molecule has 2 aromatic rings. The van der Waals surface area contributed by atoms with E-state index in [1.165, 1.54) is 27.8 Å². The summed E-state index contributed by atoms with van der Waals surface area (Å²) in [7, 11) is 5.02. The first-order valence-corrected chi connectivity index (χ1v) is 11.7. The molecule has 0 bridgehead atoms. The highest BCUT2D eigenvalue weighted by Gasteiger charge is 2.24. The highest BCUT2D eigenvalue weighted by Crippen LogP contribution is 2.16. The van der Waals surface area contributed by atoms with Crippen LogP contribution in [0.1, 0.15) is 26.2 Å². The van der Waals surface area contributed by atoms with Crippen LogP contribution < -0.4 is 10.3 Å². The minimum atomic E-state index is -0.718. The van der Waals surface area contributed by atoms with Gasteiger partial charge in [0.25, 0.3) is 0 Å². The number of methoxy groups -OCH3 is 2. The lowest BCUT2D eigenvalue weighted by molar-refractivity contribution is -0.191. The first-order chi connectivity index (χ1) is 19.7. The van der Waals surface area contributed by atoms with Gasteiger partial charge in [0.1, 0.15) is 18.6 Å². The van der Waals surface area contributed by atoms with Crippen molar-refractivity contribution >= 4 is 51.8 Å². The lowest BCUT2D eigenvalue weighted by Gasteiger charge is -2.11. The van der Waals surface area contributed by atoms with Gasteiger partial charge in [0.05, 0.1) is 25.9 Å². The fourth-order valence-corrected chi connectivity index (χ4v) is 2.45. The van der Waals surface area contributed by atoms with Crippen LogP contribution >= 0.6 is 0 Å². The van der Waals surface area contributed by atoms with Crippen LogP contribution in [0.5, 0.6) is 5.75 Å². The molecular formula is C25H31B2N3O11. The molecule has 1 unspecified atom stereocenters. The third-order valence-electron chi connectivity index (χ3n) is 4.38. The number of carbonyl (C=O) groups is 3. The quantitative estimate of drug-likeness (QED) is 0.104. The molecule has 0 aliphatic rings. The van der Waals surface area contributed by atoms with Crippen LogP contribution in [0.15, 0.2) is 59.5 Å². The summed E-state index contributed by atoms with van der Waals surface area (Å²) >= 11 is 0. The van der Waals surface area contributed by atoms with Crippen LogP contribution in [0, 0.1) is 10.8 Å². The summed E-state index contributed by atoms with van der Waals surface area (Å²) < 4.78 is 23.3. The van der Waals surface area contributed by atoms with E-state index in [0.29, 0.717) is 18.6 Å². The number of ether oxygens (including phenoxy) is 3. The third kappa shape index (κ3) is 21.6. The van der Waals surface area contributed by atoms with Crippen molar-refractivity contribution in [3.05, 3.63) is 65.1 Å². The van der Waals surface area contributed by atoms with Crippen molar-refractivity contribution in [2.24, 2.45) is 0 Å². The summed E-state index contributed by atoms with van der Waals surface area (Å²) in [5.41, 5.74) is -0.0532. The third-order valence-corrected chi connectivity index (χ3v) is 4.38. The topological polar surface area (TPSA) is 212 Å². The van der Waals surface area contributed by atoms with Gasteiger partial charge >= 0.3 is 39.0 Å². The number of H-pyrrole nitrogens is 1. The molecule has 1 heterocycles. The maximum Gasteiger partial charge on any atom is 0.386 e. The van der Waals surface area contributed by atoms with E-state index in [2.05, 4.69) is 23.8 Å². The molecule has 0 aliphatic carbocycles. The monoisotopic (exact) mass is 571 g/mol. The van der Waals surface area contributed by atoms with Gasteiger partial charge in [0, 0.05) is 18.7 Å². The van der Waals surface area contributed by atoms with Crippen LogP contribution in [0.2, 0.25) is 11.6 Å². The second-order valence-corrected chi connectivity index (χ2v) is 7.08. The van der Waals surface area contributed by atoms with Gasteiger partial charge < -0.3 is 28.5 Å². The van der Waals surface area contributed by atoms with Crippen molar-refractivity contribution in [1.29, 1.82) is 10.8 Å². The molecule has 218 valence electrons. The van der Waals surface area contributed by atoms with E-state index in [-0.39, 0.29) is 36.3 Å². The number of rotatable bonds is 13. The van der Waals surface area contributed by atoms with Gasteiger partial charge in [0.2, 0.25) is 5.56 Å². The minimum absolute atomic E-state index is 0.0342. The number of pyridine rings is 1. The van der Waals surface area contributed by atoms with Gasteiger partial charge in [-0.25, -0.2) is 0 Å². The molecule has 1 aromatic carbocycles. The van der Waals surface area contributed by atoms with Crippen molar-refractivity contribution in [2.75, 3.05) is 14.2 Å².